The minimum atomic E-state index is -4.48. The van der Waals surface area contributed by atoms with E-state index in [1.54, 1.807) is 13.2 Å². The zero-order chi connectivity index (χ0) is 25.1. The predicted octanol–water partition coefficient (Wildman–Crippen LogP) is 2.22. The van der Waals surface area contributed by atoms with E-state index in [9.17, 15) is 18.0 Å². The molecular weight excluding hydrogens is 477 g/mol. The first kappa shape index (κ1) is 24.4. The summed E-state index contributed by atoms with van der Waals surface area (Å²) in [4.78, 5) is 21.8. The van der Waals surface area contributed by atoms with Crippen LogP contribution in [0.3, 0.4) is 0 Å². The number of methoxy groups -OCH3 is 1. The molecule has 1 amide bonds. The van der Waals surface area contributed by atoms with Crippen molar-refractivity contribution >= 4 is 11.7 Å². The van der Waals surface area contributed by atoms with E-state index < -0.39 is 17.3 Å². The molecule has 36 heavy (non-hydrogen) atoms. The lowest BCUT2D eigenvalue weighted by Gasteiger charge is -2.40. The summed E-state index contributed by atoms with van der Waals surface area (Å²) < 4.78 is 56.7. The fraction of sp³-hybridized carbons (Fsp3) is 0.760. The van der Waals surface area contributed by atoms with Crippen LogP contribution in [0, 0.1) is 5.41 Å². The highest BCUT2D eigenvalue weighted by atomic mass is 19.4. The number of anilines is 1. The van der Waals surface area contributed by atoms with Crippen LogP contribution in [0.25, 0.3) is 0 Å². The van der Waals surface area contributed by atoms with Crippen LogP contribution in [0.4, 0.5) is 19.0 Å². The number of halogens is 3. The Balaban J connectivity index is 1.13. The van der Waals surface area contributed by atoms with Crippen molar-refractivity contribution < 1.29 is 32.2 Å². The highest BCUT2D eigenvalue weighted by Crippen LogP contribution is 2.50. The molecule has 1 saturated carbocycles. The molecule has 4 saturated heterocycles. The average molecular weight is 511 g/mol. The zero-order valence-electron chi connectivity index (χ0n) is 20.4. The summed E-state index contributed by atoms with van der Waals surface area (Å²) in [5.41, 5.74) is -1.42. The van der Waals surface area contributed by atoms with Crippen molar-refractivity contribution in [2.75, 3.05) is 44.9 Å². The maximum absolute atomic E-state index is 14.0. The minimum Gasteiger partial charge on any atom is -0.379 e. The molecule has 1 aliphatic carbocycles. The normalized spacial score (nSPS) is 38.1. The quantitative estimate of drug-likeness (QED) is 0.651. The molecule has 8 nitrogen and oxygen atoms in total. The number of carbonyl (C=O) groups excluding carboxylic acids is 1. The Morgan fingerprint density at radius 1 is 1.22 bits per heavy atom. The molecule has 5 aliphatic rings. The largest absolute Gasteiger partial charge is 0.433 e. The van der Waals surface area contributed by atoms with Crippen LogP contribution < -0.4 is 10.2 Å². The topological polar surface area (TPSA) is 76.2 Å². The monoisotopic (exact) mass is 510 g/mol. The van der Waals surface area contributed by atoms with E-state index in [1.807, 2.05) is 9.80 Å². The lowest BCUT2D eigenvalue weighted by Crippen LogP contribution is -2.55. The first-order chi connectivity index (χ1) is 17.3. The smallest absolute Gasteiger partial charge is 0.379 e. The number of ether oxygens (including phenoxy) is 3. The van der Waals surface area contributed by atoms with Gasteiger partial charge in [-0.2, -0.15) is 13.2 Å². The summed E-state index contributed by atoms with van der Waals surface area (Å²) in [7, 11) is 1.70. The summed E-state index contributed by atoms with van der Waals surface area (Å²) in [5.74, 6) is 0.479. The van der Waals surface area contributed by atoms with E-state index in [2.05, 4.69) is 10.3 Å². The number of hydrogen-bond acceptors (Lipinski definition) is 7. The fourth-order valence-corrected chi connectivity index (χ4v) is 7.13. The van der Waals surface area contributed by atoms with Gasteiger partial charge >= 0.3 is 6.18 Å². The number of fused-ring (bicyclic) bond motifs is 3. The number of amides is 1. The molecule has 1 aromatic heterocycles. The number of nitrogens with one attached hydrogen (secondary N) is 1. The summed E-state index contributed by atoms with van der Waals surface area (Å²) in [6.45, 7) is 2.87. The van der Waals surface area contributed by atoms with Gasteiger partial charge in [-0.25, -0.2) is 4.98 Å². The second-order valence-electron chi connectivity index (χ2n) is 10.8. The second-order valence-corrected chi connectivity index (χ2v) is 10.8. The molecule has 4 aliphatic heterocycles. The molecular formula is C25H33F3N4O4. The number of nitrogens with zero attached hydrogens (tertiary/aromatic N) is 3. The second kappa shape index (κ2) is 9.11. The molecule has 5 heterocycles. The van der Waals surface area contributed by atoms with Gasteiger partial charge in [-0.1, -0.05) is 6.07 Å². The number of alkyl halides is 3. The van der Waals surface area contributed by atoms with E-state index in [1.165, 1.54) is 6.07 Å². The van der Waals surface area contributed by atoms with Crippen molar-refractivity contribution in [3.8, 4) is 0 Å². The molecule has 0 spiro atoms. The molecule has 5 fully saturated rings. The van der Waals surface area contributed by atoms with Crippen LogP contribution in [0.5, 0.6) is 0 Å². The fourth-order valence-electron chi connectivity index (χ4n) is 7.13. The minimum absolute atomic E-state index is 0.00322. The summed E-state index contributed by atoms with van der Waals surface area (Å²) >= 11 is 0. The van der Waals surface area contributed by atoms with E-state index in [4.69, 9.17) is 14.2 Å². The molecule has 0 radical (unpaired) electrons. The van der Waals surface area contributed by atoms with Crippen molar-refractivity contribution in [1.82, 2.24) is 15.2 Å². The van der Waals surface area contributed by atoms with Gasteiger partial charge in [-0.05, 0) is 44.2 Å². The van der Waals surface area contributed by atoms with Gasteiger partial charge in [0.15, 0.2) is 0 Å². The maximum Gasteiger partial charge on any atom is 0.433 e. The van der Waals surface area contributed by atoms with Crippen molar-refractivity contribution in [3.63, 3.8) is 0 Å². The van der Waals surface area contributed by atoms with Crippen LogP contribution in [-0.4, -0.2) is 92.2 Å². The van der Waals surface area contributed by atoms with Crippen LogP contribution in [0.1, 0.15) is 37.8 Å². The van der Waals surface area contributed by atoms with Crippen molar-refractivity contribution in [3.05, 3.63) is 23.9 Å². The number of likely N-dealkylation sites (tertiary alicyclic amines) is 1. The van der Waals surface area contributed by atoms with Crippen LogP contribution in [0.2, 0.25) is 0 Å². The highest BCUT2D eigenvalue weighted by Gasteiger charge is 2.60. The third-order valence-corrected chi connectivity index (χ3v) is 8.90. The van der Waals surface area contributed by atoms with Crippen LogP contribution in [-0.2, 0) is 25.2 Å². The van der Waals surface area contributed by atoms with E-state index >= 15 is 0 Å². The maximum atomic E-state index is 14.0. The molecule has 198 valence electrons. The number of carbonyl (C=O) groups is 1. The molecule has 6 rings (SSSR count). The SMILES string of the molecule is COC1COCCC1NC1C[C@H]2OCC[C@@]2(C(=O)N2C[C@@H]3CC2CN3c2cccc(C(F)(F)F)n2)C1. The van der Waals surface area contributed by atoms with Gasteiger partial charge in [-0.15, -0.1) is 0 Å². The third-order valence-electron chi connectivity index (χ3n) is 8.90. The average Bonchev–Trinajstić information content (AvgIpc) is 3.63. The van der Waals surface area contributed by atoms with Crippen LogP contribution >= 0.6 is 0 Å². The van der Waals surface area contributed by atoms with Gasteiger partial charge in [0.2, 0.25) is 5.91 Å². The molecule has 4 unspecified atom stereocenters. The Kier molecular flexibility index (Phi) is 6.17. The first-order valence-corrected chi connectivity index (χ1v) is 12.9. The molecule has 11 heteroatoms. The highest BCUT2D eigenvalue weighted by molar-refractivity contribution is 5.85. The number of hydrogen-bond donors (Lipinski definition) is 1. The van der Waals surface area contributed by atoms with Gasteiger partial charge < -0.3 is 29.3 Å². The Morgan fingerprint density at radius 2 is 2.08 bits per heavy atom. The van der Waals surface area contributed by atoms with Gasteiger partial charge in [0.05, 0.1) is 36.3 Å². The number of aromatic nitrogens is 1. The van der Waals surface area contributed by atoms with Gasteiger partial charge in [0.1, 0.15) is 11.5 Å². The number of rotatable bonds is 5. The Labute approximate surface area is 208 Å². The lowest BCUT2D eigenvalue weighted by atomic mass is 9.80. The molecule has 0 aromatic carbocycles. The molecule has 1 aromatic rings. The Hall–Kier alpha value is -1.95. The van der Waals surface area contributed by atoms with E-state index in [0.29, 0.717) is 45.1 Å². The molecule has 2 bridgehead atoms. The van der Waals surface area contributed by atoms with Crippen LogP contribution in [0.15, 0.2) is 18.2 Å². The Morgan fingerprint density at radius 3 is 2.83 bits per heavy atom. The summed E-state index contributed by atoms with van der Waals surface area (Å²) in [6, 6.07) is 4.34. The predicted molar refractivity (Wildman–Crippen MR) is 123 cm³/mol. The van der Waals surface area contributed by atoms with Crippen molar-refractivity contribution in [2.24, 2.45) is 5.41 Å². The van der Waals surface area contributed by atoms with Crippen molar-refractivity contribution in [2.45, 2.75) is 74.7 Å². The van der Waals surface area contributed by atoms with Gasteiger partial charge in [0, 0.05) is 45.5 Å². The number of pyridine rings is 1. The lowest BCUT2D eigenvalue weighted by molar-refractivity contribution is -0.145. The third kappa shape index (κ3) is 4.08. The molecule has 7 atom stereocenters. The van der Waals surface area contributed by atoms with Gasteiger partial charge in [0.25, 0.3) is 0 Å². The summed E-state index contributed by atoms with van der Waals surface area (Å²) in [6.07, 6.45) is -0.725. The standard InChI is InChI=1S/C25H33F3N4O4/c1-34-19-14-35-7-5-18(19)29-15-9-21-24(11-15,6-8-36-21)23(33)32-13-16-10-17(32)12-31(16)22-4-2-3-20(30-22)25(26,27)28/h2-4,15-19,21,29H,5-14H2,1H3/t15?,16-,17?,18?,19?,21+,24+/m0/s1. The van der Waals surface area contributed by atoms with Gasteiger partial charge in [-0.3, -0.25) is 4.79 Å². The van der Waals surface area contributed by atoms with E-state index in [0.717, 1.165) is 31.7 Å². The zero-order valence-corrected chi connectivity index (χ0v) is 20.4. The first-order valence-electron chi connectivity index (χ1n) is 12.9. The Bertz CT molecular complexity index is 996. The summed E-state index contributed by atoms with van der Waals surface area (Å²) in [5, 5.41) is 3.73. The number of piperazine rings is 1. The molecule has 1 N–H and O–H groups in total. The van der Waals surface area contributed by atoms with E-state index in [-0.39, 0.29) is 42.3 Å². The van der Waals surface area contributed by atoms with Crippen molar-refractivity contribution in [1.29, 1.82) is 0 Å².